The summed E-state index contributed by atoms with van der Waals surface area (Å²) in [5.74, 6) is -2.58. The Kier molecular flexibility index (Phi) is 9.87. The Labute approximate surface area is 289 Å². The molecule has 1 saturated heterocycles. The quantitative estimate of drug-likeness (QED) is 0.194. The van der Waals surface area contributed by atoms with Crippen LogP contribution in [0.5, 0.6) is 0 Å². The van der Waals surface area contributed by atoms with Gasteiger partial charge in [-0.25, -0.2) is 0 Å². The number of ketones is 1. The first kappa shape index (κ1) is 34.3. The van der Waals surface area contributed by atoms with Crippen LogP contribution in [-0.2, 0) is 46.4 Å². The second-order valence-corrected chi connectivity index (χ2v) is 12.6. The number of carbonyl (C=O) groups excluding carboxylic acids is 3. The first-order valence-electron chi connectivity index (χ1n) is 15.7. The van der Waals surface area contributed by atoms with Crippen molar-refractivity contribution in [3.63, 3.8) is 0 Å². The van der Waals surface area contributed by atoms with Crippen molar-refractivity contribution in [1.29, 1.82) is 0 Å². The van der Waals surface area contributed by atoms with Crippen LogP contribution in [0.2, 0.25) is 0 Å². The third kappa shape index (κ3) is 5.41. The van der Waals surface area contributed by atoms with Crippen molar-refractivity contribution in [2.45, 2.75) is 78.0 Å². The Morgan fingerprint density at radius 3 is 2.30 bits per heavy atom. The van der Waals surface area contributed by atoms with E-state index in [9.17, 15) is 14.4 Å². The molecule has 1 aliphatic carbocycles. The number of esters is 2. The predicted octanol–water partition coefficient (Wildman–Crippen LogP) is 2.23. The molecule has 0 spiro atoms. The smallest absolute Gasteiger partial charge is 0.320 e. The summed E-state index contributed by atoms with van der Waals surface area (Å²) < 4.78 is 10.2. The number of aromatic nitrogens is 2. The molecule has 0 radical (unpaired) electrons. The molecule has 0 amide bonds. The van der Waals surface area contributed by atoms with E-state index in [0.717, 1.165) is 33.8 Å². The maximum absolute atomic E-state index is 14.1. The van der Waals surface area contributed by atoms with E-state index in [0.29, 0.717) is 28.3 Å². The normalized spacial score (nSPS) is 30.1. The zero-order valence-corrected chi connectivity index (χ0v) is 31.8. The van der Waals surface area contributed by atoms with Crippen LogP contribution in [0.1, 0.15) is 67.1 Å². The van der Waals surface area contributed by atoms with Gasteiger partial charge in [-0.15, -0.1) is 51.7 Å². The Hall–Kier alpha value is -3.03. The van der Waals surface area contributed by atoms with Crippen molar-refractivity contribution in [2.24, 2.45) is 17.8 Å². The van der Waals surface area contributed by atoms with Crippen LogP contribution >= 0.6 is 0 Å². The maximum atomic E-state index is 14.1. The number of methoxy groups -OCH3 is 2. The van der Waals surface area contributed by atoms with Crippen LogP contribution in [0.25, 0.3) is 40.5 Å². The average Bonchev–Trinajstić information content (AvgIpc) is 3.76. The minimum atomic E-state index is -1.14. The van der Waals surface area contributed by atoms with Crippen molar-refractivity contribution in [3.8, 4) is 0 Å². The molecule has 6 rings (SSSR count). The number of hydrogen-bond acceptors (Lipinski definition) is 5. The van der Waals surface area contributed by atoms with Gasteiger partial charge in [0.1, 0.15) is 5.92 Å². The number of rotatable bonds is 6. The van der Waals surface area contributed by atoms with Crippen LogP contribution in [0, 0.1) is 31.6 Å². The molecule has 2 aromatic heterocycles. The molecular formula is C36H40CdN4O5-4. The first-order valence-corrected chi connectivity index (χ1v) is 15.7. The summed E-state index contributed by atoms with van der Waals surface area (Å²) in [5, 5.41) is 13.3. The second-order valence-electron chi connectivity index (χ2n) is 12.6. The van der Waals surface area contributed by atoms with Gasteiger partial charge in [0.2, 0.25) is 0 Å². The minimum absolute atomic E-state index is 0. The van der Waals surface area contributed by atoms with E-state index in [-0.39, 0.29) is 75.4 Å². The third-order valence-electron chi connectivity index (χ3n) is 10.4. The maximum Gasteiger partial charge on any atom is 0.320 e. The number of hydrogen-bond donors (Lipinski definition) is 0. The summed E-state index contributed by atoms with van der Waals surface area (Å²) in [6.45, 7) is 14.4. The fourth-order valence-corrected chi connectivity index (χ4v) is 7.82. The Morgan fingerprint density at radius 1 is 0.957 bits per heavy atom. The Morgan fingerprint density at radius 2 is 1.65 bits per heavy atom. The van der Waals surface area contributed by atoms with Crippen molar-refractivity contribution in [3.05, 3.63) is 72.0 Å². The van der Waals surface area contributed by atoms with Crippen molar-refractivity contribution < 1.29 is 51.2 Å². The average molecular weight is 721 g/mol. The van der Waals surface area contributed by atoms with Crippen molar-refractivity contribution in [1.82, 2.24) is 9.97 Å². The van der Waals surface area contributed by atoms with E-state index in [4.69, 9.17) is 30.1 Å². The molecule has 240 valence electrons. The van der Waals surface area contributed by atoms with Gasteiger partial charge in [0.15, 0.2) is 5.78 Å². The molecule has 3 aliphatic heterocycles. The molecule has 8 bridgehead atoms. The Balaban J connectivity index is 0.00000417. The van der Waals surface area contributed by atoms with Gasteiger partial charge in [-0.1, -0.05) is 78.3 Å². The van der Waals surface area contributed by atoms with Gasteiger partial charge in [0, 0.05) is 39.3 Å². The summed E-state index contributed by atoms with van der Waals surface area (Å²) in [6.07, 6.45) is 9.56. The number of Topliss-reactive ketones (excluding diaryl/α,β-unsaturated/α-hetero) is 1. The van der Waals surface area contributed by atoms with E-state index in [1.807, 2.05) is 26.0 Å². The van der Waals surface area contributed by atoms with E-state index < -0.39 is 17.9 Å². The van der Waals surface area contributed by atoms with Crippen LogP contribution in [0.3, 0.4) is 0 Å². The van der Waals surface area contributed by atoms with Crippen LogP contribution in [0.15, 0.2) is 17.7 Å². The number of carbonyl (C=O) groups is 3. The molecule has 7 atom stereocenters. The van der Waals surface area contributed by atoms with Gasteiger partial charge in [0.25, 0.3) is 0 Å². The molecule has 0 saturated carbocycles. The predicted molar refractivity (Wildman–Crippen MR) is 173 cm³/mol. The van der Waals surface area contributed by atoms with Gasteiger partial charge < -0.3 is 30.1 Å². The van der Waals surface area contributed by atoms with Crippen molar-refractivity contribution in [2.75, 3.05) is 14.2 Å². The molecular weight excluding hydrogens is 681 g/mol. The minimum Gasteiger partial charge on any atom is -0.658 e. The van der Waals surface area contributed by atoms with Gasteiger partial charge >= 0.3 is 11.9 Å². The molecule has 0 N–H and O–H groups in total. The van der Waals surface area contributed by atoms with Gasteiger partial charge in [-0.05, 0) is 39.2 Å². The van der Waals surface area contributed by atoms with E-state index >= 15 is 0 Å². The van der Waals surface area contributed by atoms with Gasteiger partial charge in [-0.3, -0.25) is 14.4 Å². The first-order chi connectivity index (χ1) is 21.5. The number of fused-ring (bicyclic) bond motifs is 8. The zero-order valence-electron chi connectivity index (χ0n) is 27.7. The van der Waals surface area contributed by atoms with Gasteiger partial charge in [0.05, 0.1) is 14.2 Å². The van der Waals surface area contributed by atoms with Crippen LogP contribution < -0.4 is 31.4 Å². The second kappa shape index (κ2) is 13.2. The largest absolute Gasteiger partial charge is 0.658 e. The standard InChI is InChI=1S/C36H40N4O5.Cd/c1-9-20-16(3)23-13-25-18(5)22(11-12-29(41)44-7)33(39-25)31-32(36(43)45-8)35(42)30-19(6)26(40-34(30)31)15-28-21(10-2)17(4)24(38-28)14-27(20)37-23;/h9,13-15,18,22,24-25,28,32-33H,1,10-12H2,2-8H3;/q-4;/b23-13-,26-15-,27-14-;. The molecule has 10 heteroatoms. The Bertz CT molecular complexity index is 1900. The fourth-order valence-electron chi connectivity index (χ4n) is 7.82. The van der Waals surface area contributed by atoms with E-state index in [1.165, 1.54) is 25.4 Å². The summed E-state index contributed by atoms with van der Waals surface area (Å²) in [7, 11) is 2.67. The third-order valence-corrected chi connectivity index (χ3v) is 10.4. The molecule has 9 nitrogen and oxygen atoms in total. The van der Waals surface area contributed by atoms with Crippen molar-refractivity contribution >= 4 is 47.6 Å². The SMILES string of the molecule is C=Cc1c(C)/c2[n-]/c1=C\C1[N-]C(/C=c3\[n-]c4c(c3C)C(=O)C(C(=O)OC)C=4C3[N-]C(\C=2)C(C)C3CCC(=O)OC)C(CC)=C1C.[Cd]. The molecule has 7 unspecified atom stereocenters. The molecule has 0 aromatic carbocycles. The summed E-state index contributed by atoms with van der Waals surface area (Å²) in [5.41, 5.74) is 6.11. The summed E-state index contributed by atoms with van der Waals surface area (Å²) in [6, 6.07) is -1.20. The summed E-state index contributed by atoms with van der Waals surface area (Å²) in [4.78, 5) is 49.8. The topological polar surface area (TPSA) is 126 Å². The molecule has 46 heavy (non-hydrogen) atoms. The monoisotopic (exact) mass is 722 g/mol. The number of ether oxygens (including phenoxy) is 2. The van der Waals surface area contributed by atoms with Crippen LogP contribution in [-0.4, -0.2) is 56.1 Å². The van der Waals surface area contributed by atoms with Gasteiger partial charge in [-0.2, -0.15) is 0 Å². The fraction of sp³-hybridized carbons (Fsp3) is 0.472. The summed E-state index contributed by atoms with van der Waals surface area (Å²) >= 11 is 0. The number of nitrogens with zero attached hydrogens (tertiary/aromatic N) is 4. The van der Waals surface area contributed by atoms with E-state index in [1.54, 1.807) is 0 Å². The molecule has 1 fully saturated rings. The van der Waals surface area contributed by atoms with E-state index in [2.05, 4.69) is 39.5 Å². The molecule has 2 aromatic rings. The van der Waals surface area contributed by atoms with Crippen LogP contribution in [0.4, 0.5) is 0 Å². The zero-order chi connectivity index (χ0) is 32.3. The molecule has 4 aliphatic rings. The molecule has 5 heterocycles.